The first-order valence-electron chi connectivity index (χ1n) is 9.87. The molecule has 3 heterocycles. The first-order valence-corrected chi connectivity index (χ1v) is 11.1. The third-order valence-electron chi connectivity index (χ3n) is 6.62. The van der Waals surface area contributed by atoms with Crippen LogP contribution in [-0.4, -0.2) is 33.8 Å². The highest BCUT2D eigenvalue weighted by Crippen LogP contribution is 2.67. The summed E-state index contributed by atoms with van der Waals surface area (Å²) in [6.45, 7) is 3.06. The molecule has 6 nitrogen and oxygen atoms in total. The molecular formula is C20H25ClN6S. The minimum absolute atomic E-state index is 0.194. The Morgan fingerprint density at radius 3 is 3.14 bits per heavy atom. The molecule has 5 atom stereocenters. The molecule has 0 bridgehead atoms. The molecule has 0 saturated heterocycles. The van der Waals surface area contributed by atoms with E-state index in [2.05, 4.69) is 34.4 Å². The number of rotatable bonds is 3. The second-order valence-electron chi connectivity index (χ2n) is 8.11. The van der Waals surface area contributed by atoms with Crippen LogP contribution < -0.4 is 16.8 Å². The number of thioether (sulfide) groups is 1. The van der Waals surface area contributed by atoms with Crippen LogP contribution in [-0.2, 0) is 0 Å². The minimum atomic E-state index is 0.194. The van der Waals surface area contributed by atoms with Crippen molar-refractivity contribution >= 4 is 35.0 Å². The highest BCUT2D eigenvalue weighted by atomic mass is 35.5. The number of nitrogens with zero attached hydrogens (tertiary/aromatic N) is 3. The average Bonchev–Trinajstić information content (AvgIpc) is 2.95. The quantitative estimate of drug-likeness (QED) is 0.700. The van der Waals surface area contributed by atoms with E-state index >= 15 is 0 Å². The van der Waals surface area contributed by atoms with Gasteiger partial charge in [0.2, 0.25) is 0 Å². The number of amidine groups is 1. The predicted octanol–water partition coefficient (Wildman–Crippen LogP) is 3.17. The van der Waals surface area contributed by atoms with E-state index < -0.39 is 0 Å². The average molecular weight is 417 g/mol. The number of fused-ring (bicyclic) bond motifs is 1. The Morgan fingerprint density at radius 1 is 1.46 bits per heavy atom. The lowest BCUT2D eigenvalue weighted by Crippen LogP contribution is -2.44. The monoisotopic (exact) mass is 416 g/mol. The minimum Gasteiger partial charge on any atom is -0.382 e. The number of pyridine rings is 1. The first kappa shape index (κ1) is 18.3. The summed E-state index contributed by atoms with van der Waals surface area (Å²) in [6.07, 6.45) is 11.4. The van der Waals surface area contributed by atoms with Crippen molar-refractivity contribution in [1.29, 1.82) is 0 Å². The number of aliphatic imine (C=N–C) groups is 1. The van der Waals surface area contributed by atoms with Gasteiger partial charge in [-0.2, -0.15) is 0 Å². The van der Waals surface area contributed by atoms with Crippen LogP contribution >= 0.6 is 23.4 Å². The van der Waals surface area contributed by atoms with Gasteiger partial charge in [0.15, 0.2) is 0 Å². The Balaban J connectivity index is 1.42. The summed E-state index contributed by atoms with van der Waals surface area (Å²) in [5.41, 5.74) is 12.3. The summed E-state index contributed by atoms with van der Waals surface area (Å²) in [7, 11) is 0. The van der Waals surface area contributed by atoms with Crippen molar-refractivity contribution < 1.29 is 0 Å². The van der Waals surface area contributed by atoms with E-state index in [4.69, 9.17) is 28.1 Å². The SMILES string of the molecule is CCC1CNC(Sc2ccnc(N)c2Cl)=CN=C1N1C=CC2C3CC(N)C[C@@]231. The van der Waals surface area contributed by atoms with E-state index in [0.717, 1.165) is 41.6 Å². The fourth-order valence-electron chi connectivity index (χ4n) is 5.23. The van der Waals surface area contributed by atoms with Gasteiger partial charge in [0.1, 0.15) is 11.7 Å². The van der Waals surface area contributed by atoms with E-state index in [1.165, 1.54) is 11.8 Å². The standard InChI is InChI=1S/C20H25ClN6S/c1-2-11-9-25-16(28-15-3-5-24-18(23)17(15)21)10-26-19(11)27-6-4-13-14-7-12(22)8-20(13,14)27/h3-6,10-14,25H,2,7-9,22H2,1H3,(H2,23,24)/t11?,12?,13?,14?,20-/m1/s1. The van der Waals surface area contributed by atoms with Crippen molar-refractivity contribution in [3.05, 3.63) is 40.8 Å². The maximum atomic E-state index is 6.31. The third-order valence-corrected chi connectivity index (χ3v) is 8.16. The van der Waals surface area contributed by atoms with Gasteiger partial charge in [-0.25, -0.2) is 9.98 Å². The maximum absolute atomic E-state index is 6.31. The van der Waals surface area contributed by atoms with Crippen molar-refractivity contribution in [3.63, 3.8) is 0 Å². The zero-order valence-electron chi connectivity index (χ0n) is 15.8. The summed E-state index contributed by atoms with van der Waals surface area (Å²) >= 11 is 7.85. The molecule has 8 heteroatoms. The molecule has 148 valence electrons. The summed E-state index contributed by atoms with van der Waals surface area (Å²) < 4.78 is 0. The molecule has 5 N–H and O–H groups in total. The zero-order valence-corrected chi connectivity index (χ0v) is 17.4. The maximum Gasteiger partial charge on any atom is 0.143 e. The van der Waals surface area contributed by atoms with Gasteiger partial charge in [-0.1, -0.05) is 36.4 Å². The molecule has 2 saturated carbocycles. The van der Waals surface area contributed by atoms with E-state index in [0.29, 0.717) is 34.6 Å². The molecule has 2 fully saturated rings. The molecule has 28 heavy (non-hydrogen) atoms. The van der Waals surface area contributed by atoms with Gasteiger partial charge in [0.25, 0.3) is 0 Å². The van der Waals surface area contributed by atoms with E-state index in [1.54, 1.807) is 6.20 Å². The lowest BCUT2D eigenvalue weighted by atomic mass is 10.0. The van der Waals surface area contributed by atoms with E-state index in [-0.39, 0.29) is 5.54 Å². The van der Waals surface area contributed by atoms with Crippen molar-refractivity contribution in [2.75, 3.05) is 12.3 Å². The zero-order chi connectivity index (χ0) is 19.5. The van der Waals surface area contributed by atoms with Crippen molar-refractivity contribution in [2.24, 2.45) is 28.5 Å². The molecule has 4 unspecified atom stereocenters. The number of nitrogens with two attached hydrogens (primary N) is 2. The summed E-state index contributed by atoms with van der Waals surface area (Å²) in [6, 6.07) is 2.19. The topological polar surface area (TPSA) is 92.6 Å². The van der Waals surface area contributed by atoms with E-state index in [9.17, 15) is 0 Å². The largest absolute Gasteiger partial charge is 0.382 e. The van der Waals surface area contributed by atoms with Gasteiger partial charge >= 0.3 is 0 Å². The van der Waals surface area contributed by atoms with Crippen LogP contribution in [0.4, 0.5) is 5.82 Å². The molecule has 1 spiro atoms. The normalized spacial score (nSPS) is 35.6. The second kappa shape index (κ2) is 6.68. The van der Waals surface area contributed by atoms with Crippen molar-refractivity contribution in [1.82, 2.24) is 15.2 Å². The number of nitrogens with one attached hydrogen (secondary N) is 1. The number of hydrogen-bond donors (Lipinski definition) is 3. The Morgan fingerprint density at radius 2 is 2.32 bits per heavy atom. The number of halogens is 1. The smallest absolute Gasteiger partial charge is 0.143 e. The molecule has 1 aromatic rings. The first-order chi connectivity index (χ1) is 13.5. The van der Waals surface area contributed by atoms with Gasteiger partial charge < -0.3 is 21.7 Å². The highest BCUT2D eigenvalue weighted by molar-refractivity contribution is 8.03. The number of aromatic nitrogens is 1. The summed E-state index contributed by atoms with van der Waals surface area (Å²) in [5, 5.41) is 4.99. The van der Waals surface area contributed by atoms with Crippen molar-refractivity contribution in [3.8, 4) is 0 Å². The number of hydrogen-bond acceptors (Lipinski definition) is 7. The molecule has 1 aromatic heterocycles. The van der Waals surface area contributed by atoms with Crippen LogP contribution in [0.15, 0.2) is 45.7 Å². The fraction of sp³-hybridized carbons (Fsp3) is 0.500. The molecule has 0 aromatic carbocycles. The Bertz CT molecular complexity index is 899. The Kier molecular flexibility index (Phi) is 4.37. The lowest BCUT2D eigenvalue weighted by molar-refractivity contribution is 0.340. The van der Waals surface area contributed by atoms with Gasteiger partial charge in [-0.05, 0) is 31.2 Å². The second-order valence-corrected chi connectivity index (χ2v) is 9.57. The molecule has 0 radical (unpaired) electrons. The Labute approximate surface area is 174 Å². The van der Waals surface area contributed by atoms with Crippen LogP contribution in [0.1, 0.15) is 26.2 Å². The molecule has 0 amide bonds. The molecule has 4 aliphatic rings. The summed E-state index contributed by atoms with van der Waals surface area (Å²) in [4.78, 5) is 12.3. The van der Waals surface area contributed by atoms with Crippen LogP contribution in [0.25, 0.3) is 0 Å². The van der Waals surface area contributed by atoms with Crippen LogP contribution in [0.5, 0.6) is 0 Å². The van der Waals surface area contributed by atoms with Crippen LogP contribution in [0, 0.1) is 17.8 Å². The molecule has 2 aliphatic carbocycles. The van der Waals surface area contributed by atoms with Crippen molar-refractivity contribution in [2.45, 2.75) is 42.7 Å². The van der Waals surface area contributed by atoms with Gasteiger partial charge in [0.05, 0.1) is 21.8 Å². The molecule has 5 rings (SSSR count). The van der Waals surface area contributed by atoms with E-state index in [1.807, 2.05) is 12.3 Å². The molecule has 2 aliphatic heterocycles. The third kappa shape index (κ3) is 2.67. The predicted molar refractivity (Wildman–Crippen MR) is 115 cm³/mol. The number of anilines is 1. The lowest BCUT2D eigenvalue weighted by Gasteiger charge is -2.33. The fourth-order valence-corrected chi connectivity index (χ4v) is 6.27. The van der Waals surface area contributed by atoms with Gasteiger partial charge in [-0.15, -0.1) is 0 Å². The van der Waals surface area contributed by atoms with Crippen LogP contribution in [0.3, 0.4) is 0 Å². The van der Waals surface area contributed by atoms with Gasteiger partial charge in [-0.3, -0.25) is 0 Å². The van der Waals surface area contributed by atoms with Crippen LogP contribution in [0.2, 0.25) is 5.02 Å². The highest BCUT2D eigenvalue weighted by Gasteiger charge is 2.72. The number of nitrogen functional groups attached to an aromatic ring is 1. The Hall–Kier alpha value is -1.70. The van der Waals surface area contributed by atoms with Gasteiger partial charge in [0, 0.05) is 41.7 Å². The summed E-state index contributed by atoms with van der Waals surface area (Å²) in [5.74, 6) is 3.20. The molecular weight excluding hydrogens is 392 g/mol.